The molecule has 0 atom stereocenters. The molecule has 1 aliphatic heterocycles. The first kappa shape index (κ1) is 21.5. The lowest BCUT2D eigenvalue weighted by molar-refractivity contribution is 0.0685. The van der Waals surface area contributed by atoms with Crippen molar-refractivity contribution in [2.24, 2.45) is 0 Å². The maximum atomic E-state index is 13.1. The molecule has 0 unspecified atom stereocenters. The van der Waals surface area contributed by atoms with Crippen molar-refractivity contribution in [3.05, 3.63) is 71.9 Å². The summed E-state index contributed by atoms with van der Waals surface area (Å²) in [6, 6.07) is 12.2. The van der Waals surface area contributed by atoms with Gasteiger partial charge in [-0.25, -0.2) is 18.4 Å². The lowest BCUT2D eigenvalue weighted by Crippen LogP contribution is -2.50. The number of fused-ring (bicyclic) bond motifs is 1. The zero-order valence-electron chi connectivity index (χ0n) is 17.3. The Labute approximate surface area is 195 Å². The van der Waals surface area contributed by atoms with Crippen molar-refractivity contribution in [2.75, 3.05) is 26.2 Å². The Hall–Kier alpha value is -3.34. The number of nitrogens with zero attached hydrogens (tertiary/aromatic N) is 5. The number of carbonyl (C=O) groups excluding carboxylic acids is 1. The van der Waals surface area contributed by atoms with Gasteiger partial charge in [-0.2, -0.15) is 4.31 Å². The Bertz CT molecular complexity index is 1420. The van der Waals surface area contributed by atoms with E-state index in [-0.39, 0.29) is 42.9 Å². The molecule has 168 valence electrons. The van der Waals surface area contributed by atoms with E-state index in [1.165, 1.54) is 4.31 Å². The predicted octanol–water partition coefficient (Wildman–Crippen LogP) is 2.82. The molecular weight excluding hydrogens is 464 g/mol. The Balaban J connectivity index is 1.26. The van der Waals surface area contributed by atoms with Crippen LogP contribution in [0.4, 0.5) is 0 Å². The number of sulfonamides is 1. The standard InChI is InChI=1S/C22H19ClN6O3S/c23-17-4-5-19-15(11-17)12-20(27-19)33(31,32)29-9-7-28(8-10-29)22(30)21-25-13-16(14-26-21)18-3-1-2-6-24-18/h1-6,11-14,27H,7-10H2. The van der Waals surface area contributed by atoms with Crippen LogP contribution in [0.3, 0.4) is 0 Å². The van der Waals surface area contributed by atoms with E-state index in [4.69, 9.17) is 11.6 Å². The number of H-pyrrole nitrogens is 1. The molecule has 0 spiro atoms. The van der Waals surface area contributed by atoms with Gasteiger partial charge in [-0.15, -0.1) is 0 Å². The molecule has 1 amide bonds. The topological polar surface area (TPSA) is 112 Å². The highest BCUT2D eigenvalue weighted by Gasteiger charge is 2.32. The molecule has 33 heavy (non-hydrogen) atoms. The summed E-state index contributed by atoms with van der Waals surface area (Å²) in [5, 5.41) is 1.36. The van der Waals surface area contributed by atoms with E-state index in [9.17, 15) is 13.2 Å². The highest BCUT2D eigenvalue weighted by molar-refractivity contribution is 7.89. The number of halogens is 1. The number of hydrogen-bond acceptors (Lipinski definition) is 6. The minimum absolute atomic E-state index is 0.0680. The van der Waals surface area contributed by atoms with Crippen molar-refractivity contribution in [1.29, 1.82) is 0 Å². The maximum absolute atomic E-state index is 13.1. The van der Waals surface area contributed by atoms with Crippen LogP contribution in [0, 0.1) is 0 Å². The van der Waals surface area contributed by atoms with Crippen LogP contribution >= 0.6 is 11.6 Å². The fourth-order valence-corrected chi connectivity index (χ4v) is 5.35. The number of hydrogen-bond donors (Lipinski definition) is 1. The van der Waals surface area contributed by atoms with Gasteiger partial charge in [0.15, 0.2) is 0 Å². The van der Waals surface area contributed by atoms with Crippen molar-refractivity contribution in [1.82, 2.24) is 29.1 Å². The average Bonchev–Trinajstić information content (AvgIpc) is 3.28. The van der Waals surface area contributed by atoms with E-state index in [1.54, 1.807) is 47.8 Å². The van der Waals surface area contributed by atoms with Crippen molar-refractivity contribution >= 4 is 38.4 Å². The molecule has 1 saturated heterocycles. The summed E-state index contributed by atoms with van der Waals surface area (Å²) >= 11 is 6.00. The van der Waals surface area contributed by atoms with Gasteiger partial charge in [0.05, 0.1) is 5.69 Å². The first-order chi connectivity index (χ1) is 15.9. The summed E-state index contributed by atoms with van der Waals surface area (Å²) in [5.74, 6) is -0.265. The van der Waals surface area contributed by atoms with Crippen molar-refractivity contribution in [2.45, 2.75) is 5.03 Å². The van der Waals surface area contributed by atoms with Gasteiger partial charge < -0.3 is 9.88 Å². The van der Waals surface area contributed by atoms with Crippen molar-refractivity contribution in [3.8, 4) is 11.3 Å². The summed E-state index contributed by atoms with van der Waals surface area (Å²) in [6.45, 7) is 0.845. The fraction of sp³-hybridized carbons (Fsp3) is 0.182. The minimum atomic E-state index is -3.73. The minimum Gasteiger partial charge on any atom is -0.345 e. The van der Waals surface area contributed by atoms with E-state index >= 15 is 0 Å². The first-order valence-electron chi connectivity index (χ1n) is 10.2. The van der Waals surface area contributed by atoms with Gasteiger partial charge in [0.2, 0.25) is 5.82 Å². The lowest BCUT2D eigenvalue weighted by atomic mass is 10.2. The summed E-state index contributed by atoms with van der Waals surface area (Å²) in [6.07, 6.45) is 4.80. The molecule has 5 rings (SSSR count). The Kier molecular flexibility index (Phi) is 5.57. The molecule has 1 aromatic carbocycles. The summed E-state index contributed by atoms with van der Waals surface area (Å²) in [4.78, 5) is 29.9. The normalized spacial score (nSPS) is 15.1. The van der Waals surface area contributed by atoms with Gasteiger partial charge in [0.1, 0.15) is 5.03 Å². The maximum Gasteiger partial charge on any atom is 0.291 e. The molecule has 0 saturated carbocycles. The summed E-state index contributed by atoms with van der Waals surface area (Å²) in [5.41, 5.74) is 2.12. The number of aromatic amines is 1. The van der Waals surface area contributed by atoms with Gasteiger partial charge in [0.25, 0.3) is 15.9 Å². The molecule has 0 bridgehead atoms. The van der Waals surface area contributed by atoms with Crippen molar-refractivity contribution < 1.29 is 13.2 Å². The number of pyridine rings is 1. The van der Waals surface area contributed by atoms with E-state index in [2.05, 4.69) is 19.9 Å². The Morgan fingerprint density at radius 2 is 1.73 bits per heavy atom. The number of aromatic nitrogens is 4. The van der Waals surface area contributed by atoms with Gasteiger partial charge in [-0.3, -0.25) is 9.78 Å². The second-order valence-corrected chi connectivity index (χ2v) is 9.91. The summed E-state index contributed by atoms with van der Waals surface area (Å²) < 4.78 is 27.5. The van der Waals surface area contributed by atoms with Crippen LogP contribution in [0.1, 0.15) is 10.6 Å². The monoisotopic (exact) mass is 482 g/mol. The molecule has 11 heteroatoms. The highest BCUT2D eigenvalue weighted by atomic mass is 35.5. The molecule has 1 fully saturated rings. The number of benzene rings is 1. The van der Waals surface area contributed by atoms with E-state index in [0.717, 1.165) is 11.1 Å². The molecule has 4 heterocycles. The van der Waals surface area contributed by atoms with Crippen LogP contribution in [-0.4, -0.2) is 69.6 Å². The molecule has 0 radical (unpaired) electrons. The molecule has 4 aromatic rings. The number of nitrogens with one attached hydrogen (secondary N) is 1. The van der Waals surface area contributed by atoms with E-state index in [0.29, 0.717) is 16.1 Å². The Morgan fingerprint density at radius 1 is 0.970 bits per heavy atom. The van der Waals surface area contributed by atoms with Crippen LogP contribution in [0.25, 0.3) is 22.2 Å². The third-order valence-corrected chi connectivity index (χ3v) is 7.56. The summed E-state index contributed by atoms with van der Waals surface area (Å²) in [7, 11) is -3.73. The SMILES string of the molecule is O=C(c1ncc(-c2ccccn2)cn1)N1CCN(S(=O)(=O)c2cc3cc(Cl)ccc3[nH]2)CC1. The van der Waals surface area contributed by atoms with E-state index < -0.39 is 10.0 Å². The molecule has 1 N–H and O–H groups in total. The average molecular weight is 483 g/mol. The number of carbonyl (C=O) groups is 1. The predicted molar refractivity (Wildman–Crippen MR) is 123 cm³/mol. The smallest absolute Gasteiger partial charge is 0.291 e. The number of amides is 1. The van der Waals surface area contributed by atoms with Crippen LogP contribution in [-0.2, 0) is 10.0 Å². The molecule has 3 aromatic heterocycles. The second-order valence-electron chi connectivity index (χ2n) is 7.57. The zero-order valence-corrected chi connectivity index (χ0v) is 18.9. The third-order valence-electron chi connectivity index (χ3n) is 5.51. The molecule has 0 aliphatic carbocycles. The first-order valence-corrected chi connectivity index (χ1v) is 12.0. The number of piperazine rings is 1. The zero-order chi connectivity index (χ0) is 23.0. The highest BCUT2D eigenvalue weighted by Crippen LogP contribution is 2.25. The molecular formula is C22H19ClN6O3S. The lowest BCUT2D eigenvalue weighted by Gasteiger charge is -2.33. The third kappa shape index (κ3) is 4.20. The quantitative estimate of drug-likeness (QED) is 0.478. The van der Waals surface area contributed by atoms with Crippen LogP contribution in [0.2, 0.25) is 5.02 Å². The second kappa shape index (κ2) is 8.54. The van der Waals surface area contributed by atoms with Crippen LogP contribution < -0.4 is 0 Å². The van der Waals surface area contributed by atoms with Gasteiger partial charge in [0, 0.05) is 66.3 Å². The number of rotatable bonds is 4. The molecule has 1 aliphatic rings. The van der Waals surface area contributed by atoms with E-state index in [1.807, 2.05) is 18.2 Å². The fourth-order valence-electron chi connectivity index (χ4n) is 3.73. The van der Waals surface area contributed by atoms with Crippen molar-refractivity contribution in [3.63, 3.8) is 0 Å². The van der Waals surface area contributed by atoms with Crippen LogP contribution in [0.15, 0.2) is 66.1 Å². The van der Waals surface area contributed by atoms with Gasteiger partial charge in [-0.1, -0.05) is 17.7 Å². The van der Waals surface area contributed by atoms with Crippen LogP contribution in [0.5, 0.6) is 0 Å². The van der Waals surface area contributed by atoms with Gasteiger partial charge in [-0.05, 0) is 36.4 Å². The van der Waals surface area contributed by atoms with Gasteiger partial charge >= 0.3 is 0 Å². The molecule has 9 nitrogen and oxygen atoms in total. The Morgan fingerprint density at radius 3 is 2.42 bits per heavy atom. The largest absolute Gasteiger partial charge is 0.345 e.